The molecule has 0 bridgehead atoms. The normalized spacial score (nSPS) is 20.2. The van der Waals surface area contributed by atoms with Gasteiger partial charge in [0.15, 0.2) is 5.60 Å². The Labute approximate surface area is 152 Å². The van der Waals surface area contributed by atoms with E-state index in [1.807, 2.05) is 57.0 Å². The minimum atomic E-state index is -0.901. The summed E-state index contributed by atoms with van der Waals surface area (Å²) in [6.07, 6.45) is 1.86. The molecule has 1 aliphatic rings. The number of piperidine rings is 1. The molecule has 140 valence electrons. The molecule has 0 radical (unpaired) electrons. The number of ether oxygens (including phenoxy) is 1. The van der Waals surface area contributed by atoms with E-state index < -0.39 is 5.60 Å². The van der Waals surface area contributed by atoms with Gasteiger partial charge in [-0.3, -0.25) is 4.79 Å². The average molecular weight is 347 g/mol. The number of aryl methyl sites for hydroxylation is 1. The van der Waals surface area contributed by atoms with Crippen molar-refractivity contribution in [3.05, 3.63) is 29.8 Å². The zero-order valence-corrected chi connectivity index (χ0v) is 17.1. The molecule has 25 heavy (non-hydrogen) atoms. The number of likely N-dealkylation sites (N-methyl/N-ethyl adjacent to an activating group) is 1. The van der Waals surface area contributed by atoms with Crippen LogP contribution in [0.15, 0.2) is 24.3 Å². The summed E-state index contributed by atoms with van der Waals surface area (Å²) in [6, 6.07) is 8.03. The second-order valence-electron chi connectivity index (χ2n) is 9.30. The van der Waals surface area contributed by atoms with Crippen molar-refractivity contribution >= 4 is 5.91 Å². The molecule has 0 unspecified atom stereocenters. The summed E-state index contributed by atoms with van der Waals surface area (Å²) in [7, 11) is 1.91. The molecule has 2 rings (SSSR count). The Kier molecular flexibility index (Phi) is 5.25. The number of carbonyl (C=O) groups is 1. The summed E-state index contributed by atoms with van der Waals surface area (Å²) in [5.74, 6) is 0.755. The number of benzene rings is 1. The van der Waals surface area contributed by atoms with Crippen molar-refractivity contribution < 1.29 is 9.53 Å². The van der Waals surface area contributed by atoms with Gasteiger partial charge >= 0.3 is 0 Å². The van der Waals surface area contributed by atoms with Crippen molar-refractivity contribution in [3.8, 4) is 5.75 Å². The number of carbonyl (C=O) groups excluding carboxylic acids is 1. The van der Waals surface area contributed by atoms with E-state index in [1.54, 1.807) is 0 Å². The predicted molar refractivity (Wildman–Crippen MR) is 103 cm³/mol. The molecule has 0 saturated carbocycles. The number of amides is 1. The summed E-state index contributed by atoms with van der Waals surface area (Å²) >= 11 is 0. The molecular weight excluding hydrogens is 312 g/mol. The minimum Gasteiger partial charge on any atom is -0.478 e. The van der Waals surface area contributed by atoms with Crippen LogP contribution in [0.4, 0.5) is 0 Å². The number of nitrogens with zero attached hydrogens (tertiary/aromatic N) is 1. The van der Waals surface area contributed by atoms with Crippen LogP contribution >= 0.6 is 0 Å². The maximum absolute atomic E-state index is 13.2. The molecule has 0 spiro atoms. The summed E-state index contributed by atoms with van der Waals surface area (Å²) < 4.78 is 6.05. The number of hydrogen-bond donors (Lipinski definition) is 1. The number of rotatable bonds is 4. The lowest BCUT2D eigenvalue weighted by Crippen LogP contribution is -2.63. The van der Waals surface area contributed by atoms with Gasteiger partial charge in [-0.15, -0.1) is 0 Å². The van der Waals surface area contributed by atoms with Crippen LogP contribution in [-0.4, -0.2) is 40.6 Å². The zero-order chi connectivity index (χ0) is 19.0. The van der Waals surface area contributed by atoms with Crippen LogP contribution in [0.1, 0.15) is 59.9 Å². The van der Waals surface area contributed by atoms with Gasteiger partial charge in [-0.05, 0) is 79.0 Å². The third-order valence-electron chi connectivity index (χ3n) is 4.91. The highest BCUT2D eigenvalue weighted by Gasteiger charge is 2.43. The van der Waals surface area contributed by atoms with E-state index in [2.05, 4.69) is 33.0 Å². The highest BCUT2D eigenvalue weighted by Crippen LogP contribution is 2.32. The Balaban J connectivity index is 2.14. The highest BCUT2D eigenvalue weighted by molar-refractivity contribution is 5.85. The van der Waals surface area contributed by atoms with Gasteiger partial charge in [0.25, 0.3) is 5.91 Å². The molecule has 1 heterocycles. The SMILES string of the molecule is Cc1cccc(OC(C)(C)C(=O)N(C)C2CC(C)(C)NC(C)(C)C2)c1. The molecule has 1 aliphatic heterocycles. The van der Waals surface area contributed by atoms with Crippen LogP contribution < -0.4 is 10.1 Å². The molecule has 4 heteroatoms. The fraction of sp³-hybridized carbons (Fsp3) is 0.667. The first-order valence-electron chi connectivity index (χ1n) is 9.14. The van der Waals surface area contributed by atoms with Crippen LogP contribution in [0.3, 0.4) is 0 Å². The van der Waals surface area contributed by atoms with Crippen molar-refractivity contribution in [1.29, 1.82) is 0 Å². The summed E-state index contributed by atoms with van der Waals surface area (Å²) in [4.78, 5) is 15.0. The van der Waals surface area contributed by atoms with Gasteiger partial charge in [-0.25, -0.2) is 0 Å². The molecule has 1 N–H and O–H groups in total. The third kappa shape index (κ3) is 4.97. The first-order valence-corrected chi connectivity index (χ1v) is 9.14. The van der Waals surface area contributed by atoms with Crippen LogP contribution in [-0.2, 0) is 4.79 Å². The van der Waals surface area contributed by atoms with Crippen molar-refractivity contribution in [2.75, 3.05) is 7.05 Å². The van der Waals surface area contributed by atoms with Crippen molar-refractivity contribution in [1.82, 2.24) is 10.2 Å². The monoisotopic (exact) mass is 346 g/mol. The lowest BCUT2D eigenvalue weighted by atomic mass is 9.79. The smallest absolute Gasteiger partial charge is 0.266 e. The standard InChI is InChI=1S/C21H34N2O2/c1-15-10-9-11-17(12-15)25-21(6,7)18(24)23(8)16-13-19(2,3)22-20(4,5)14-16/h9-12,16,22H,13-14H2,1-8H3. The number of nitrogens with one attached hydrogen (secondary N) is 1. The van der Waals surface area contributed by atoms with Crippen LogP contribution in [0.25, 0.3) is 0 Å². The predicted octanol–water partition coefficient (Wildman–Crippen LogP) is 3.92. The molecule has 0 atom stereocenters. The third-order valence-corrected chi connectivity index (χ3v) is 4.91. The largest absolute Gasteiger partial charge is 0.478 e. The Morgan fingerprint density at radius 3 is 2.28 bits per heavy atom. The fourth-order valence-corrected chi connectivity index (χ4v) is 4.15. The summed E-state index contributed by atoms with van der Waals surface area (Å²) in [6.45, 7) is 14.5. The van der Waals surface area contributed by atoms with Gasteiger partial charge in [0.2, 0.25) is 0 Å². The quantitative estimate of drug-likeness (QED) is 0.898. The molecular formula is C21H34N2O2. The average Bonchev–Trinajstić information content (AvgIpc) is 2.41. The minimum absolute atomic E-state index is 0.00248. The maximum atomic E-state index is 13.2. The zero-order valence-electron chi connectivity index (χ0n) is 17.1. The van der Waals surface area contributed by atoms with Gasteiger partial charge in [-0.1, -0.05) is 12.1 Å². The van der Waals surface area contributed by atoms with Crippen LogP contribution in [0, 0.1) is 6.92 Å². The first-order chi connectivity index (χ1) is 11.3. The molecule has 1 amide bonds. The molecule has 1 aromatic carbocycles. The van der Waals surface area contributed by atoms with Gasteiger partial charge in [0.05, 0.1) is 0 Å². The van der Waals surface area contributed by atoms with E-state index in [4.69, 9.17) is 4.74 Å². The van der Waals surface area contributed by atoms with Gasteiger partial charge in [-0.2, -0.15) is 0 Å². The Morgan fingerprint density at radius 1 is 1.20 bits per heavy atom. The Bertz CT molecular complexity index is 619. The second-order valence-corrected chi connectivity index (χ2v) is 9.30. The van der Waals surface area contributed by atoms with Gasteiger partial charge < -0.3 is 15.0 Å². The molecule has 1 aromatic rings. The fourth-order valence-electron chi connectivity index (χ4n) is 4.15. The van der Waals surface area contributed by atoms with Crippen molar-refractivity contribution in [2.45, 2.75) is 84.0 Å². The van der Waals surface area contributed by atoms with E-state index in [9.17, 15) is 4.79 Å². The molecule has 1 fully saturated rings. The highest BCUT2D eigenvalue weighted by atomic mass is 16.5. The molecule has 1 saturated heterocycles. The number of hydrogen-bond acceptors (Lipinski definition) is 3. The Hall–Kier alpha value is -1.55. The summed E-state index contributed by atoms with van der Waals surface area (Å²) in [5.41, 5.74) is 0.225. The van der Waals surface area contributed by atoms with Crippen molar-refractivity contribution in [2.24, 2.45) is 0 Å². The first kappa shape index (κ1) is 19.8. The van der Waals surface area contributed by atoms with E-state index >= 15 is 0 Å². The second kappa shape index (κ2) is 6.64. The van der Waals surface area contributed by atoms with E-state index in [1.165, 1.54) is 0 Å². The van der Waals surface area contributed by atoms with E-state index in [0.29, 0.717) is 0 Å². The lowest BCUT2D eigenvalue weighted by Gasteiger charge is -2.49. The lowest BCUT2D eigenvalue weighted by molar-refractivity contribution is -0.148. The van der Waals surface area contributed by atoms with Crippen LogP contribution in [0.5, 0.6) is 5.75 Å². The molecule has 4 nitrogen and oxygen atoms in total. The van der Waals surface area contributed by atoms with Crippen molar-refractivity contribution in [3.63, 3.8) is 0 Å². The van der Waals surface area contributed by atoms with E-state index in [-0.39, 0.29) is 23.0 Å². The van der Waals surface area contributed by atoms with E-state index in [0.717, 1.165) is 24.2 Å². The summed E-state index contributed by atoms with van der Waals surface area (Å²) in [5, 5.41) is 3.67. The van der Waals surface area contributed by atoms with Gasteiger partial charge in [0, 0.05) is 24.2 Å². The maximum Gasteiger partial charge on any atom is 0.266 e. The van der Waals surface area contributed by atoms with Gasteiger partial charge in [0.1, 0.15) is 5.75 Å². The topological polar surface area (TPSA) is 41.6 Å². The molecule has 0 aromatic heterocycles. The Morgan fingerprint density at radius 2 is 1.76 bits per heavy atom. The molecule has 0 aliphatic carbocycles. The van der Waals surface area contributed by atoms with Crippen LogP contribution in [0.2, 0.25) is 0 Å².